The fraction of sp³-hybridized carbons (Fsp3) is 0.615. The van der Waals surface area contributed by atoms with Gasteiger partial charge >= 0.3 is 0 Å². The molecule has 2 rings (SSSR count). The van der Waals surface area contributed by atoms with Gasteiger partial charge in [0.1, 0.15) is 0 Å². The molecule has 1 unspecified atom stereocenters. The predicted molar refractivity (Wildman–Crippen MR) is 71.8 cm³/mol. The first kappa shape index (κ1) is 12.7. The number of piperazine rings is 1. The molecular weight excluding hydrogens is 232 g/mol. The average Bonchev–Trinajstić information content (AvgIpc) is 2.85. The zero-order chi connectivity index (χ0) is 12.3. The van der Waals surface area contributed by atoms with E-state index in [1.165, 1.54) is 0 Å². The Hall–Kier alpha value is -0.710. The molecule has 0 spiro atoms. The maximum atomic E-state index is 12.0. The third kappa shape index (κ3) is 3.15. The van der Waals surface area contributed by atoms with Crippen LogP contribution in [0, 0.1) is 0 Å². The van der Waals surface area contributed by atoms with Crippen LogP contribution in [0.1, 0.15) is 23.0 Å². The molecule has 1 atom stereocenters. The van der Waals surface area contributed by atoms with Crippen molar-refractivity contribution in [2.24, 2.45) is 0 Å². The van der Waals surface area contributed by atoms with Crippen LogP contribution in [0.4, 0.5) is 0 Å². The van der Waals surface area contributed by atoms with Crippen molar-refractivity contribution in [3.05, 3.63) is 22.4 Å². The molecule has 0 N–H and O–H groups in total. The fourth-order valence-electron chi connectivity index (χ4n) is 2.31. The number of ketones is 1. The van der Waals surface area contributed by atoms with E-state index in [1.807, 2.05) is 17.5 Å². The van der Waals surface area contributed by atoms with Crippen LogP contribution in [0.2, 0.25) is 0 Å². The third-order valence-corrected chi connectivity index (χ3v) is 4.41. The largest absolute Gasteiger partial charge is 0.301 e. The van der Waals surface area contributed by atoms with Gasteiger partial charge in [-0.3, -0.25) is 9.69 Å². The monoisotopic (exact) mass is 252 g/mol. The number of thiophene rings is 1. The summed E-state index contributed by atoms with van der Waals surface area (Å²) in [4.78, 5) is 17.6. The van der Waals surface area contributed by atoms with Gasteiger partial charge in [-0.1, -0.05) is 13.0 Å². The van der Waals surface area contributed by atoms with Crippen molar-refractivity contribution < 1.29 is 4.79 Å². The molecule has 1 saturated heterocycles. The second-order valence-corrected chi connectivity index (χ2v) is 5.63. The fourth-order valence-corrected chi connectivity index (χ4v) is 2.97. The van der Waals surface area contributed by atoms with Gasteiger partial charge in [-0.2, -0.15) is 0 Å². The van der Waals surface area contributed by atoms with Crippen LogP contribution < -0.4 is 0 Å². The Morgan fingerprint density at radius 3 is 3.00 bits per heavy atom. The van der Waals surface area contributed by atoms with Gasteiger partial charge in [0, 0.05) is 25.7 Å². The lowest BCUT2D eigenvalue weighted by atomic mass is 10.1. The van der Waals surface area contributed by atoms with E-state index < -0.39 is 0 Å². The summed E-state index contributed by atoms with van der Waals surface area (Å²) < 4.78 is 0. The Bertz CT molecular complexity index is 364. The van der Waals surface area contributed by atoms with E-state index in [9.17, 15) is 4.79 Å². The van der Waals surface area contributed by atoms with Crippen molar-refractivity contribution in [2.45, 2.75) is 19.4 Å². The molecule has 1 aliphatic heterocycles. The number of likely N-dealkylation sites (N-methyl/N-ethyl adjacent to an activating group) is 1. The first-order chi connectivity index (χ1) is 8.20. The summed E-state index contributed by atoms with van der Waals surface area (Å²) in [6.45, 7) is 5.88. The highest BCUT2D eigenvalue weighted by Crippen LogP contribution is 2.14. The maximum Gasteiger partial charge on any atom is 0.186 e. The Kier molecular flexibility index (Phi) is 4.31. The van der Waals surface area contributed by atoms with E-state index in [4.69, 9.17) is 0 Å². The quantitative estimate of drug-likeness (QED) is 0.765. The summed E-state index contributed by atoms with van der Waals surface area (Å²) in [5.74, 6) is 0.263. The summed E-state index contributed by atoms with van der Waals surface area (Å²) in [5.41, 5.74) is 0. The lowest BCUT2D eigenvalue weighted by Gasteiger charge is -2.38. The third-order valence-electron chi connectivity index (χ3n) is 3.50. The normalized spacial score (nSPS) is 22.8. The van der Waals surface area contributed by atoms with Gasteiger partial charge < -0.3 is 4.90 Å². The van der Waals surface area contributed by atoms with E-state index in [1.54, 1.807) is 11.3 Å². The van der Waals surface area contributed by atoms with Gasteiger partial charge in [-0.05, 0) is 24.9 Å². The molecule has 17 heavy (non-hydrogen) atoms. The Morgan fingerprint density at radius 1 is 1.53 bits per heavy atom. The smallest absolute Gasteiger partial charge is 0.186 e. The van der Waals surface area contributed by atoms with Crippen molar-refractivity contribution in [2.75, 3.05) is 33.2 Å². The first-order valence-corrected chi connectivity index (χ1v) is 7.08. The zero-order valence-corrected chi connectivity index (χ0v) is 11.4. The number of hydrogen-bond donors (Lipinski definition) is 0. The highest BCUT2D eigenvalue weighted by atomic mass is 32.1. The van der Waals surface area contributed by atoms with E-state index in [-0.39, 0.29) is 5.78 Å². The topological polar surface area (TPSA) is 23.6 Å². The van der Waals surface area contributed by atoms with Gasteiger partial charge in [-0.25, -0.2) is 0 Å². The van der Waals surface area contributed by atoms with Gasteiger partial charge in [0.2, 0.25) is 0 Å². The van der Waals surface area contributed by atoms with E-state index in [0.29, 0.717) is 12.6 Å². The van der Waals surface area contributed by atoms with Crippen LogP contribution in [-0.4, -0.2) is 54.9 Å². The standard InChI is InChI=1S/C13H20N2OS/c1-3-11-9-15(7-6-14(11)2)10-12(16)13-5-4-8-17-13/h4-5,8,11H,3,6-7,9-10H2,1-2H3. The first-order valence-electron chi connectivity index (χ1n) is 6.20. The SMILES string of the molecule is CCC1CN(CC(=O)c2cccs2)CCN1C. The van der Waals surface area contributed by atoms with Crippen LogP contribution in [-0.2, 0) is 0 Å². The molecule has 0 aromatic carbocycles. The lowest BCUT2D eigenvalue weighted by molar-refractivity contribution is 0.0746. The van der Waals surface area contributed by atoms with E-state index >= 15 is 0 Å². The maximum absolute atomic E-state index is 12.0. The molecule has 2 heterocycles. The minimum absolute atomic E-state index is 0.263. The van der Waals surface area contributed by atoms with Gasteiger partial charge in [0.05, 0.1) is 11.4 Å². The lowest BCUT2D eigenvalue weighted by Crippen LogP contribution is -2.52. The summed E-state index contributed by atoms with van der Waals surface area (Å²) >= 11 is 1.54. The number of hydrogen-bond acceptors (Lipinski definition) is 4. The van der Waals surface area contributed by atoms with Crippen LogP contribution in [0.15, 0.2) is 17.5 Å². The van der Waals surface area contributed by atoms with Gasteiger partial charge in [-0.15, -0.1) is 11.3 Å². The van der Waals surface area contributed by atoms with E-state index in [2.05, 4.69) is 23.8 Å². The van der Waals surface area contributed by atoms with Crippen LogP contribution in [0.5, 0.6) is 0 Å². The summed E-state index contributed by atoms with van der Waals surface area (Å²) in [5, 5.41) is 1.96. The minimum Gasteiger partial charge on any atom is -0.301 e. The van der Waals surface area contributed by atoms with Crippen LogP contribution in [0.25, 0.3) is 0 Å². The van der Waals surface area contributed by atoms with Crippen LogP contribution >= 0.6 is 11.3 Å². The second-order valence-electron chi connectivity index (χ2n) is 4.68. The Balaban J connectivity index is 1.89. The molecule has 0 amide bonds. The molecule has 1 aromatic heterocycles. The second kappa shape index (κ2) is 5.76. The predicted octanol–water partition coefficient (Wildman–Crippen LogP) is 1.96. The molecule has 0 aliphatic carbocycles. The van der Waals surface area contributed by atoms with Crippen molar-refractivity contribution in [3.8, 4) is 0 Å². The molecule has 0 bridgehead atoms. The number of carbonyl (C=O) groups excluding carboxylic acids is 1. The molecule has 4 heteroatoms. The van der Waals surface area contributed by atoms with Crippen molar-refractivity contribution in [1.29, 1.82) is 0 Å². The molecule has 1 aliphatic rings. The number of rotatable bonds is 4. The molecule has 1 fully saturated rings. The number of carbonyl (C=O) groups is 1. The summed E-state index contributed by atoms with van der Waals surface area (Å²) in [6, 6.07) is 4.46. The van der Waals surface area contributed by atoms with Crippen molar-refractivity contribution in [3.63, 3.8) is 0 Å². The molecule has 94 valence electrons. The Morgan fingerprint density at radius 2 is 2.35 bits per heavy atom. The molecule has 3 nitrogen and oxygen atoms in total. The van der Waals surface area contributed by atoms with E-state index in [0.717, 1.165) is 30.9 Å². The minimum atomic E-state index is 0.263. The number of Topliss-reactive ketones (excluding diaryl/α,β-unsaturated/α-hetero) is 1. The summed E-state index contributed by atoms with van der Waals surface area (Å²) in [6.07, 6.45) is 1.15. The average molecular weight is 252 g/mol. The highest BCUT2D eigenvalue weighted by molar-refractivity contribution is 7.12. The summed E-state index contributed by atoms with van der Waals surface area (Å²) in [7, 11) is 2.17. The highest BCUT2D eigenvalue weighted by Gasteiger charge is 2.24. The van der Waals surface area contributed by atoms with Crippen molar-refractivity contribution >= 4 is 17.1 Å². The molecule has 1 aromatic rings. The van der Waals surface area contributed by atoms with Crippen LogP contribution in [0.3, 0.4) is 0 Å². The van der Waals surface area contributed by atoms with Gasteiger partial charge in [0.25, 0.3) is 0 Å². The Labute approximate surface area is 107 Å². The molecular formula is C13H20N2OS. The zero-order valence-electron chi connectivity index (χ0n) is 10.6. The van der Waals surface area contributed by atoms with Gasteiger partial charge in [0.15, 0.2) is 5.78 Å². The van der Waals surface area contributed by atoms with Crippen molar-refractivity contribution in [1.82, 2.24) is 9.80 Å². The molecule has 0 saturated carbocycles. The number of nitrogens with zero attached hydrogens (tertiary/aromatic N) is 2. The molecule has 0 radical (unpaired) electrons.